The lowest BCUT2D eigenvalue weighted by atomic mass is 10.0. The summed E-state index contributed by atoms with van der Waals surface area (Å²) >= 11 is 0. The third-order valence-corrected chi connectivity index (χ3v) is 15.4. The van der Waals surface area contributed by atoms with Crippen LogP contribution in [-0.2, 0) is 6.42 Å². The molecule has 0 amide bonds. The molecule has 92 heavy (non-hydrogen) atoms. The zero-order chi connectivity index (χ0) is 73.9. The number of aryl methyl sites for hydroxylation is 12. The van der Waals surface area contributed by atoms with Crippen molar-refractivity contribution >= 4 is 10.8 Å². The van der Waals surface area contributed by atoms with Crippen molar-refractivity contribution in [2.24, 2.45) is 23.7 Å². The Morgan fingerprint density at radius 2 is 0.663 bits per heavy atom. The van der Waals surface area contributed by atoms with Gasteiger partial charge in [-0.1, -0.05) is 324 Å². The maximum Gasteiger partial charge on any atom is -0.0125 e. The van der Waals surface area contributed by atoms with Crippen LogP contribution in [0, 0.1) is 99.8 Å². The van der Waals surface area contributed by atoms with Gasteiger partial charge in [-0.05, 0) is 254 Å². The average molecular weight is 1270 g/mol. The summed E-state index contributed by atoms with van der Waals surface area (Å²) in [7, 11) is 0. The third-order valence-electron chi connectivity index (χ3n) is 15.4. The van der Waals surface area contributed by atoms with E-state index in [1.165, 1.54) is 132 Å². The van der Waals surface area contributed by atoms with Gasteiger partial charge in [0.15, 0.2) is 0 Å². The van der Waals surface area contributed by atoms with Crippen LogP contribution in [0.5, 0.6) is 0 Å². The molecule has 0 aliphatic rings. The maximum absolute atomic E-state index is 3.67. The number of allylic oxidation sites excluding steroid dienone is 7. The first-order valence-corrected chi connectivity index (χ1v) is 36.1. The quantitative estimate of drug-likeness (QED) is 0.140. The first-order chi connectivity index (χ1) is 43.1. The number of rotatable bonds is 7. The monoisotopic (exact) mass is 1270 g/mol. The Balaban J connectivity index is -0.000000117. The largest absolute Gasteiger partial charge is 0.100 e. The topological polar surface area (TPSA) is 0 Å². The Morgan fingerprint density at radius 3 is 0.826 bits per heavy atom. The van der Waals surface area contributed by atoms with Gasteiger partial charge in [-0.25, -0.2) is 0 Å². The van der Waals surface area contributed by atoms with E-state index in [1.54, 1.807) is 0 Å². The molecular formula is C92H160. The molecule has 0 heterocycles. The van der Waals surface area contributed by atoms with E-state index in [-0.39, 0.29) is 0 Å². The molecule has 6 aromatic rings. The van der Waals surface area contributed by atoms with E-state index in [9.17, 15) is 0 Å². The number of hydrogen-bond acceptors (Lipinski definition) is 0. The molecule has 0 radical (unpaired) electrons. The molecule has 0 bridgehead atoms. The highest BCUT2D eigenvalue weighted by atomic mass is 14.0. The molecule has 0 unspecified atom stereocenters. The van der Waals surface area contributed by atoms with Gasteiger partial charge in [-0.15, -0.1) is 6.58 Å². The third kappa shape index (κ3) is 75.3. The smallest absolute Gasteiger partial charge is 0.0125 e. The number of fused-ring (bicyclic) bond motifs is 1. The Kier molecular flexibility index (Phi) is 85.4. The lowest BCUT2D eigenvalue weighted by molar-refractivity contribution is 0.457. The first-order valence-electron chi connectivity index (χ1n) is 36.1. The van der Waals surface area contributed by atoms with Gasteiger partial charge in [0, 0.05) is 0 Å². The van der Waals surface area contributed by atoms with Gasteiger partial charge in [0.2, 0.25) is 0 Å². The van der Waals surface area contributed by atoms with Crippen molar-refractivity contribution in [1.29, 1.82) is 0 Å². The standard InChI is InChI=1S/C12H12.C10H14.C9H12.2C8H10.C6H14.C6H12.C6H14.C5H12.2C5H10.C4H10.C4H8.2C2H6/c1-9-5-3-7-11-8-4-6-10(2)12(9)11;1-4-10-6-5-8(2)9(3)7-10;1-7-4-5-8(2)9(3)6-7;2*1-7-5-3-4-6-8(7)2;2*1-5(2)6(3)4;1-4-6(3)5-2;3*1-4-5(2)3;2*1-3-4-2;2*1-2/h3-8H,1-2H3;5-7H,4H2,1-3H3;4-6H,1-3H3;2*3-6H,1-2H3;5-6H,1-4H3;1-4H3;6H,4-5H2,1-3H3;5H,4H2,1-3H3;4H,1-3H3;2,4H2,1,3H3;3-4H2,1-2H3;3-4H,1-2H3;2*1-2H3. The molecule has 6 aromatic carbocycles. The van der Waals surface area contributed by atoms with Crippen LogP contribution in [0.3, 0.4) is 0 Å². The first kappa shape index (κ1) is 105. The highest BCUT2D eigenvalue weighted by Gasteiger charge is 1.98. The van der Waals surface area contributed by atoms with E-state index < -0.39 is 0 Å². The Hall–Kier alpha value is -5.46. The average Bonchev–Trinajstić information content (AvgIpc) is 1.00. The van der Waals surface area contributed by atoms with Crippen molar-refractivity contribution in [3.8, 4) is 0 Å². The summed E-state index contributed by atoms with van der Waals surface area (Å²) in [4.78, 5) is 0. The molecule has 0 saturated heterocycles. The van der Waals surface area contributed by atoms with Crippen molar-refractivity contribution in [2.75, 3.05) is 0 Å². The van der Waals surface area contributed by atoms with Crippen molar-refractivity contribution in [2.45, 2.75) is 315 Å². The molecule has 6 rings (SSSR count). The fourth-order valence-corrected chi connectivity index (χ4v) is 5.28. The fourth-order valence-electron chi connectivity index (χ4n) is 5.28. The van der Waals surface area contributed by atoms with Gasteiger partial charge in [0.1, 0.15) is 0 Å². The Bertz CT molecular complexity index is 2470. The van der Waals surface area contributed by atoms with E-state index in [0.717, 1.165) is 36.5 Å². The van der Waals surface area contributed by atoms with Crippen LogP contribution in [0.25, 0.3) is 10.8 Å². The molecule has 0 atom stereocenters. The summed E-state index contributed by atoms with van der Waals surface area (Å²) in [5.74, 6) is 3.52. The predicted molar refractivity (Wildman–Crippen MR) is 439 cm³/mol. The van der Waals surface area contributed by atoms with Gasteiger partial charge in [0.05, 0.1) is 0 Å². The zero-order valence-corrected chi connectivity index (χ0v) is 69.2. The molecule has 0 fully saturated rings. The second kappa shape index (κ2) is 74.6. The van der Waals surface area contributed by atoms with Crippen molar-refractivity contribution < 1.29 is 0 Å². The Morgan fingerprint density at radius 1 is 0.380 bits per heavy atom. The van der Waals surface area contributed by atoms with Gasteiger partial charge in [-0.3, -0.25) is 0 Å². The molecule has 0 heteroatoms. The van der Waals surface area contributed by atoms with E-state index in [1.807, 2.05) is 67.5 Å². The molecule has 0 N–H and O–H groups in total. The van der Waals surface area contributed by atoms with Crippen LogP contribution in [0.15, 0.2) is 168 Å². The minimum atomic E-state index is 0.852. The summed E-state index contributed by atoms with van der Waals surface area (Å²) in [5, 5.41) is 2.75. The van der Waals surface area contributed by atoms with Gasteiger partial charge >= 0.3 is 0 Å². The van der Waals surface area contributed by atoms with Crippen LogP contribution < -0.4 is 0 Å². The lowest BCUT2D eigenvalue weighted by Gasteiger charge is -2.05. The summed E-state index contributed by atoms with van der Waals surface area (Å²) in [6, 6.07) is 42.7. The van der Waals surface area contributed by atoms with Crippen molar-refractivity contribution in [3.05, 3.63) is 235 Å². The molecule has 0 aliphatic carbocycles. The molecular weight excluding hydrogens is 1110 g/mol. The second-order valence-electron chi connectivity index (χ2n) is 25.3. The minimum Gasteiger partial charge on any atom is -0.100 e. The molecule has 528 valence electrons. The highest BCUT2D eigenvalue weighted by molar-refractivity contribution is 5.88. The SMILES string of the molecule is C=C(C)CC.CC.CC.CC(C)=C(C)C.CC(C)C(C)C.CC=C(C)C.CC=CC.CCC(C)C.CCC(C)CC.CCCC.CCc1ccc(C)c(C)c1.Cc1ccc(C)c(C)c1.Cc1cccc2cccc(C)c12.Cc1ccccc1C.Cc1ccccc1C. The molecule has 0 spiro atoms. The van der Waals surface area contributed by atoms with Crippen molar-refractivity contribution in [3.63, 3.8) is 0 Å². The van der Waals surface area contributed by atoms with E-state index in [4.69, 9.17) is 0 Å². The van der Waals surface area contributed by atoms with Crippen LogP contribution >= 0.6 is 0 Å². The number of benzene rings is 6. The predicted octanol–water partition coefficient (Wildman–Crippen LogP) is 32.1. The van der Waals surface area contributed by atoms with Gasteiger partial charge in [-0.2, -0.15) is 0 Å². The Labute approximate surface area is 581 Å². The normalized spacial score (nSPS) is 9.08. The molecule has 0 nitrogen and oxygen atoms in total. The fraction of sp³-hybridized carbons (Fsp3) is 0.543. The van der Waals surface area contributed by atoms with E-state index >= 15 is 0 Å². The lowest BCUT2D eigenvalue weighted by Crippen LogP contribution is -1.95. The second-order valence-corrected chi connectivity index (χ2v) is 25.3. The van der Waals surface area contributed by atoms with Crippen LogP contribution in [0.4, 0.5) is 0 Å². The van der Waals surface area contributed by atoms with Crippen LogP contribution in [0.2, 0.25) is 0 Å². The van der Waals surface area contributed by atoms with E-state index in [0.29, 0.717) is 0 Å². The molecule has 0 aromatic heterocycles. The number of unbranched alkanes of at least 4 members (excludes halogenated alkanes) is 1. The van der Waals surface area contributed by atoms with E-state index in [2.05, 4.69) is 349 Å². The van der Waals surface area contributed by atoms with Gasteiger partial charge in [0.25, 0.3) is 0 Å². The summed E-state index contributed by atoms with van der Waals surface area (Å²) in [6.45, 7) is 86.9. The molecule has 0 saturated carbocycles. The number of hydrogen-bond donors (Lipinski definition) is 0. The van der Waals surface area contributed by atoms with Crippen molar-refractivity contribution in [1.82, 2.24) is 0 Å². The van der Waals surface area contributed by atoms with Gasteiger partial charge < -0.3 is 0 Å². The minimum absolute atomic E-state index is 0.852. The maximum atomic E-state index is 3.67. The summed E-state index contributed by atoms with van der Waals surface area (Å²) in [6.07, 6.45) is 14.9. The summed E-state index contributed by atoms with van der Waals surface area (Å²) < 4.78 is 0. The summed E-state index contributed by atoms with van der Waals surface area (Å²) in [5.41, 5.74) is 22.0. The zero-order valence-electron chi connectivity index (χ0n) is 69.2. The highest BCUT2D eigenvalue weighted by Crippen LogP contribution is 2.21. The van der Waals surface area contributed by atoms with Crippen LogP contribution in [-0.4, -0.2) is 0 Å². The molecule has 0 aliphatic heterocycles. The van der Waals surface area contributed by atoms with Crippen LogP contribution in [0.1, 0.15) is 299 Å².